The minimum Gasteiger partial charge on any atom is -0.491 e. The van der Waals surface area contributed by atoms with Crippen LogP contribution in [0.15, 0.2) is 48.9 Å². The summed E-state index contributed by atoms with van der Waals surface area (Å²) < 4.78 is 14.1. The van der Waals surface area contributed by atoms with Gasteiger partial charge >= 0.3 is 0 Å². The van der Waals surface area contributed by atoms with Crippen LogP contribution in [0.4, 0.5) is 5.82 Å². The highest BCUT2D eigenvalue weighted by Crippen LogP contribution is 2.38. The number of benzene rings is 1. The number of pyridine rings is 1. The average molecular weight is 405 g/mol. The van der Waals surface area contributed by atoms with E-state index in [1.807, 2.05) is 48.0 Å². The fraction of sp³-hybridized carbons (Fsp3) is 0.318. The predicted molar refractivity (Wildman–Crippen MR) is 113 cm³/mol. The number of fused-ring (bicyclic) bond motifs is 2. The highest BCUT2D eigenvalue weighted by molar-refractivity contribution is 5.81. The first-order valence-electron chi connectivity index (χ1n) is 9.86. The number of nitrogens with zero attached hydrogens (tertiary/aromatic N) is 4. The Morgan fingerprint density at radius 3 is 2.97 bits per heavy atom. The predicted octanol–water partition coefficient (Wildman–Crippen LogP) is 2.99. The van der Waals surface area contributed by atoms with Gasteiger partial charge in [-0.05, 0) is 44.2 Å². The maximum absolute atomic E-state index is 11.0. The zero-order chi connectivity index (χ0) is 20.9. The van der Waals surface area contributed by atoms with E-state index in [1.165, 1.54) is 0 Å². The lowest BCUT2D eigenvalue weighted by Gasteiger charge is -2.23. The molecule has 0 aliphatic carbocycles. The molecule has 1 aromatic carbocycles. The third kappa shape index (κ3) is 3.24. The van der Waals surface area contributed by atoms with Gasteiger partial charge in [0.1, 0.15) is 42.5 Å². The second-order valence-corrected chi connectivity index (χ2v) is 7.96. The molecule has 3 N–H and O–H groups in total. The van der Waals surface area contributed by atoms with Crippen molar-refractivity contribution < 1.29 is 14.6 Å². The fourth-order valence-electron chi connectivity index (χ4n) is 3.96. The van der Waals surface area contributed by atoms with Gasteiger partial charge in [0.15, 0.2) is 0 Å². The summed E-state index contributed by atoms with van der Waals surface area (Å²) in [4.78, 5) is 13.0. The van der Waals surface area contributed by atoms with Crippen LogP contribution in [0.2, 0.25) is 0 Å². The van der Waals surface area contributed by atoms with Crippen molar-refractivity contribution in [3.05, 3.63) is 54.6 Å². The van der Waals surface area contributed by atoms with Crippen molar-refractivity contribution in [3.63, 3.8) is 0 Å². The van der Waals surface area contributed by atoms with E-state index in [1.54, 1.807) is 19.3 Å². The number of nitrogens with two attached hydrogens (primary N) is 1. The molecule has 1 aliphatic heterocycles. The van der Waals surface area contributed by atoms with Crippen LogP contribution in [0.3, 0.4) is 0 Å². The summed E-state index contributed by atoms with van der Waals surface area (Å²) in [5, 5.41) is 12.9. The zero-order valence-corrected chi connectivity index (χ0v) is 16.8. The zero-order valence-electron chi connectivity index (χ0n) is 16.8. The quantitative estimate of drug-likeness (QED) is 0.537. The number of hydrogen-bond acceptors (Lipinski definition) is 7. The Kier molecular flexibility index (Phi) is 4.34. The first-order chi connectivity index (χ1) is 14.4. The van der Waals surface area contributed by atoms with Crippen LogP contribution in [0, 0.1) is 6.92 Å². The van der Waals surface area contributed by atoms with E-state index in [9.17, 15) is 5.11 Å². The number of hydrogen-bond donors (Lipinski definition) is 2. The Balaban J connectivity index is 1.34. The molecule has 1 aliphatic rings. The minimum atomic E-state index is -1.04. The van der Waals surface area contributed by atoms with Crippen molar-refractivity contribution in [2.24, 2.45) is 0 Å². The Morgan fingerprint density at radius 2 is 2.10 bits per heavy atom. The van der Waals surface area contributed by atoms with Crippen molar-refractivity contribution in [1.82, 2.24) is 19.5 Å². The van der Waals surface area contributed by atoms with Gasteiger partial charge in [-0.15, -0.1) is 0 Å². The van der Waals surface area contributed by atoms with Gasteiger partial charge in [-0.25, -0.2) is 15.0 Å². The number of aromatic nitrogens is 4. The maximum Gasteiger partial charge on any atom is 0.145 e. The first kappa shape index (κ1) is 18.8. The molecule has 30 heavy (non-hydrogen) atoms. The number of nitrogen functional groups attached to an aromatic ring is 1. The summed E-state index contributed by atoms with van der Waals surface area (Å²) >= 11 is 0. The van der Waals surface area contributed by atoms with Crippen LogP contribution >= 0.6 is 0 Å². The van der Waals surface area contributed by atoms with Crippen molar-refractivity contribution in [1.29, 1.82) is 0 Å². The SMILES string of the molecule is Cc1ncnc2c1ccn2[C@H]1C[C@](C)(O)[C@@H](COc2ccc3ccc(N)nc3c2)O1. The molecular formula is C22H23N5O3. The number of aliphatic hydroxyl groups is 1. The normalized spacial score (nSPS) is 24.0. The highest BCUT2D eigenvalue weighted by Gasteiger charge is 2.45. The second-order valence-electron chi connectivity index (χ2n) is 7.96. The summed E-state index contributed by atoms with van der Waals surface area (Å²) in [7, 11) is 0. The molecule has 0 saturated carbocycles. The molecule has 3 atom stereocenters. The van der Waals surface area contributed by atoms with Crippen LogP contribution in [-0.2, 0) is 4.74 Å². The standard InChI is InChI=1S/C22H23N5O3/c1-13-16-7-8-27(21(16)25-12-24-13)20-10-22(2,28)18(30-20)11-29-15-5-3-14-4-6-19(23)26-17(14)9-15/h3-9,12,18,20,28H,10-11H2,1-2H3,(H2,23,26)/t18-,20-,22+/m1/s1. The molecule has 0 unspecified atom stereocenters. The highest BCUT2D eigenvalue weighted by atomic mass is 16.6. The molecule has 0 bridgehead atoms. The summed E-state index contributed by atoms with van der Waals surface area (Å²) in [6.07, 6.45) is 3.08. The topological polar surface area (TPSA) is 108 Å². The molecule has 4 heterocycles. The number of aryl methyl sites for hydroxylation is 1. The first-order valence-corrected chi connectivity index (χ1v) is 9.86. The smallest absolute Gasteiger partial charge is 0.145 e. The number of ether oxygens (including phenoxy) is 2. The van der Waals surface area contributed by atoms with Crippen LogP contribution < -0.4 is 10.5 Å². The van der Waals surface area contributed by atoms with Gasteiger partial charge in [-0.2, -0.15) is 0 Å². The third-order valence-corrected chi connectivity index (χ3v) is 5.71. The van der Waals surface area contributed by atoms with Gasteiger partial charge < -0.3 is 24.9 Å². The molecule has 0 amide bonds. The van der Waals surface area contributed by atoms with E-state index >= 15 is 0 Å². The van der Waals surface area contributed by atoms with Gasteiger partial charge in [0, 0.05) is 29.5 Å². The maximum atomic E-state index is 11.0. The minimum absolute atomic E-state index is 0.213. The molecule has 3 aromatic heterocycles. The monoisotopic (exact) mass is 405 g/mol. The second kappa shape index (κ2) is 6.93. The largest absolute Gasteiger partial charge is 0.491 e. The Morgan fingerprint density at radius 1 is 1.27 bits per heavy atom. The van der Waals surface area contributed by atoms with E-state index in [0.717, 1.165) is 27.6 Å². The van der Waals surface area contributed by atoms with E-state index < -0.39 is 11.7 Å². The summed E-state index contributed by atoms with van der Waals surface area (Å²) in [5.74, 6) is 1.11. The molecule has 8 nitrogen and oxygen atoms in total. The summed E-state index contributed by atoms with van der Waals surface area (Å²) in [5.41, 5.74) is 7.21. The van der Waals surface area contributed by atoms with Crippen molar-refractivity contribution in [3.8, 4) is 5.75 Å². The molecule has 0 spiro atoms. The van der Waals surface area contributed by atoms with Gasteiger partial charge in [0.05, 0.1) is 16.8 Å². The van der Waals surface area contributed by atoms with E-state index in [2.05, 4.69) is 15.0 Å². The Labute approximate surface area is 173 Å². The molecule has 0 radical (unpaired) electrons. The van der Waals surface area contributed by atoms with Crippen molar-refractivity contribution >= 4 is 27.8 Å². The molecule has 4 aromatic rings. The summed E-state index contributed by atoms with van der Waals surface area (Å²) in [6.45, 7) is 3.93. The van der Waals surface area contributed by atoms with Crippen molar-refractivity contribution in [2.75, 3.05) is 12.3 Å². The van der Waals surface area contributed by atoms with E-state index in [0.29, 0.717) is 18.0 Å². The molecular weight excluding hydrogens is 382 g/mol. The van der Waals surface area contributed by atoms with Crippen molar-refractivity contribution in [2.45, 2.75) is 38.2 Å². The Hall–Kier alpha value is -3.23. The van der Waals surface area contributed by atoms with Crippen LogP contribution in [0.1, 0.15) is 25.3 Å². The average Bonchev–Trinajstić information content (AvgIpc) is 3.27. The van der Waals surface area contributed by atoms with Crippen LogP contribution in [0.5, 0.6) is 5.75 Å². The summed E-state index contributed by atoms with van der Waals surface area (Å²) in [6, 6.07) is 11.3. The van der Waals surface area contributed by atoms with E-state index in [4.69, 9.17) is 15.2 Å². The van der Waals surface area contributed by atoms with Gasteiger partial charge in [-0.3, -0.25) is 0 Å². The Bertz CT molecular complexity index is 1240. The molecule has 1 fully saturated rings. The van der Waals surface area contributed by atoms with E-state index in [-0.39, 0.29) is 12.8 Å². The third-order valence-electron chi connectivity index (χ3n) is 5.71. The van der Waals surface area contributed by atoms with Gasteiger partial charge in [0.25, 0.3) is 0 Å². The molecule has 8 heteroatoms. The number of rotatable bonds is 4. The lowest BCUT2D eigenvalue weighted by atomic mass is 9.98. The lowest BCUT2D eigenvalue weighted by Crippen LogP contribution is -2.38. The van der Waals surface area contributed by atoms with Gasteiger partial charge in [0.2, 0.25) is 0 Å². The molecule has 154 valence electrons. The molecule has 5 rings (SSSR count). The fourth-order valence-corrected chi connectivity index (χ4v) is 3.96. The van der Waals surface area contributed by atoms with Crippen LogP contribution in [0.25, 0.3) is 21.9 Å². The number of anilines is 1. The molecule has 1 saturated heterocycles. The van der Waals surface area contributed by atoms with Crippen LogP contribution in [-0.4, -0.2) is 42.9 Å². The van der Waals surface area contributed by atoms with Gasteiger partial charge in [-0.1, -0.05) is 0 Å². The lowest BCUT2D eigenvalue weighted by molar-refractivity contribution is -0.0690.